The summed E-state index contributed by atoms with van der Waals surface area (Å²) in [6.07, 6.45) is 116. The van der Waals surface area contributed by atoms with Crippen molar-refractivity contribution in [3.05, 3.63) is 48.6 Å². The highest BCUT2D eigenvalue weighted by molar-refractivity contribution is 5.70. The minimum atomic E-state index is -1.62. The van der Waals surface area contributed by atoms with E-state index in [1.54, 1.807) is 0 Å². The number of hydrogen-bond acceptors (Lipinski definition) is 8. The van der Waals surface area contributed by atoms with E-state index in [0.29, 0.717) is 17.4 Å². The molecule has 0 aliphatic heterocycles. The standard InChI is InChI=1S/C98H185NO8/c1-6-8-10-12-14-16-18-20-22-24-26-28-30-32-34-36-38-40-42-44-46-48-50-52-54-56-58-60-62-64-66-68-70-72-74-76-78-80-82-84-86-88-95(100)105-92-94(93-106-98(97(102)103)104-91-90-99(3,4)5)107-96(101)89-87-85-83-81-79-77-75-73-71-69-67-65-63-61-59-57-55-53-51-49-47-45-43-41-39-37-35-33-31-29-27-25-23-21-19-17-15-13-11-9-7-2/h19,21,24-27,31,33,94,98H,6-18,20,22-23,28-30,32,34-93H2,1-5H3/b21-19-,26-24-,27-25-,33-31-. The van der Waals surface area contributed by atoms with Crippen LogP contribution in [0.25, 0.3) is 0 Å². The fourth-order valence-corrected chi connectivity index (χ4v) is 14.8. The third-order valence-electron chi connectivity index (χ3n) is 22.0. The summed E-state index contributed by atoms with van der Waals surface area (Å²) in [5, 5.41) is 11.9. The number of carbonyl (C=O) groups excluding carboxylic acids is 3. The monoisotopic (exact) mass is 1500 g/mol. The number of allylic oxidation sites excluding steroid dienone is 8. The molecule has 0 N–H and O–H groups in total. The lowest BCUT2D eigenvalue weighted by atomic mass is 10.0. The Morgan fingerprint density at radius 2 is 0.505 bits per heavy atom. The molecule has 0 amide bonds. The van der Waals surface area contributed by atoms with Crippen LogP contribution in [0.15, 0.2) is 48.6 Å². The molecule has 0 aromatic heterocycles. The normalized spacial score (nSPS) is 12.7. The molecule has 0 spiro atoms. The van der Waals surface area contributed by atoms with Gasteiger partial charge in [0.05, 0.1) is 40.3 Å². The van der Waals surface area contributed by atoms with E-state index in [2.05, 4.69) is 62.5 Å². The molecule has 107 heavy (non-hydrogen) atoms. The molecule has 0 rings (SSSR count). The quantitative estimate of drug-likeness (QED) is 0.0195. The van der Waals surface area contributed by atoms with E-state index in [0.717, 1.165) is 51.4 Å². The molecule has 9 heteroatoms. The number of hydrogen-bond donors (Lipinski definition) is 0. The maximum Gasteiger partial charge on any atom is 0.306 e. The van der Waals surface area contributed by atoms with Crippen LogP contribution in [0.4, 0.5) is 0 Å². The third kappa shape index (κ3) is 90.3. The molecule has 0 heterocycles. The molecule has 0 saturated heterocycles. The number of rotatable bonds is 91. The maximum absolute atomic E-state index is 13.0. The van der Waals surface area contributed by atoms with Crippen LogP contribution in [0.2, 0.25) is 0 Å². The van der Waals surface area contributed by atoms with Crippen molar-refractivity contribution < 1.29 is 42.9 Å². The first kappa shape index (κ1) is 104. The van der Waals surface area contributed by atoms with Crippen molar-refractivity contribution in [2.45, 2.75) is 514 Å². The zero-order valence-corrected chi connectivity index (χ0v) is 72.6. The number of likely N-dealkylation sites (N-methyl/N-ethyl adjacent to an activating group) is 1. The number of quaternary nitrogens is 1. The number of ether oxygens (including phenoxy) is 4. The zero-order valence-electron chi connectivity index (χ0n) is 72.6. The van der Waals surface area contributed by atoms with Gasteiger partial charge in [-0.3, -0.25) is 9.59 Å². The Kier molecular flexibility index (Phi) is 86.5. The number of carbonyl (C=O) groups is 3. The summed E-state index contributed by atoms with van der Waals surface area (Å²) in [6, 6.07) is 0. The number of carboxylic acids is 1. The van der Waals surface area contributed by atoms with Crippen molar-refractivity contribution in [2.75, 3.05) is 47.5 Å². The van der Waals surface area contributed by atoms with Crippen LogP contribution in [0.5, 0.6) is 0 Å². The van der Waals surface area contributed by atoms with Gasteiger partial charge in [-0.2, -0.15) is 0 Å². The molecule has 2 atom stereocenters. The lowest BCUT2D eigenvalue weighted by molar-refractivity contribution is -0.870. The minimum Gasteiger partial charge on any atom is -0.545 e. The SMILES string of the molecule is CCCCCCC/C=C\C/C=C\C/C=C\CCCCCCCCCCCCCCCCCCCCCCCCCCCCC(=O)OC(COC(=O)CCCCCCCCCCCCCCCCCCCCCCCCCCCCCCC/C=C\CCCCCCCCCC)COC(OCC[N+](C)(C)C)C(=O)[O-]. The van der Waals surface area contributed by atoms with Crippen molar-refractivity contribution in [2.24, 2.45) is 0 Å². The van der Waals surface area contributed by atoms with Crippen LogP contribution in [0.3, 0.4) is 0 Å². The van der Waals surface area contributed by atoms with E-state index in [1.807, 2.05) is 21.1 Å². The Morgan fingerprint density at radius 1 is 0.280 bits per heavy atom. The first-order chi connectivity index (χ1) is 52.6. The molecule has 0 aromatic rings. The molecule has 0 bridgehead atoms. The fourth-order valence-electron chi connectivity index (χ4n) is 14.8. The van der Waals surface area contributed by atoms with Crippen molar-refractivity contribution in [3.63, 3.8) is 0 Å². The highest BCUT2D eigenvalue weighted by Gasteiger charge is 2.22. The number of aliphatic carboxylic acids is 1. The largest absolute Gasteiger partial charge is 0.545 e. The molecule has 0 aliphatic carbocycles. The summed E-state index contributed by atoms with van der Waals surface area (Å²) >= 11 is 0. The third-order valence-corrected chi connectivity index (χ3v) is 22.0. The van der Waals surface area contributed by atoms with E-state index >= 15 is 0 Å². The average molecular weight is 1510 g/mol. The second-order valence-electron chi connectivity index (χ2n) is 34.0. The molecule has 0 radical (unpaired) electrons. The molecule has 0 fully saturated rings. The number of esters is 2. The summed E-state index contributed by atoms with van der Waals surface area (Å²) in [5.74, 6) is -2.24. The number of nitrogens with zero attached hydrogens (tertiary/aromatic N) is 1. The van der Waals surface area contributed by atoms with Crippen LogP contribution < -0.4 is 5.11 Å². The molecule has 0 saturated carbocycles. The smallest absolute Gasteiger partial charge is 0.306 e. The molecule has 0 aromatic carbocycles. The van der Waals surface area contributed by atoms with E-state index in [-0.39, 0.29) is 32.2 Å². The topological polar surface area (TPSA) is 111 Å². The van der Waals surface area contributed by atoms with Crippen LogP contribution in [0, 0.1) is 0 Å². The van der Waals surface area contributed by atoms with Gasteiger partial charge in [0.15, 0.2) is 12.4 Å². The Morgan fingerprint density at radius 3 is 0.757 bits per heavy atom. The predicted molar refractivity (Wildman–Crippen MR) is 463 cm³/mol. The fraction of sp³-hybridized carbons (Fsp3) is 0.888. The minimum absolute atomic E-state index is 0.152. The van der Waals surface area contributed by atoms with Gasteiger partial charge < -0.3 is 33.3 Å². The molecular formula is C98H185NO8. The number of unbranched alkanes of at least 4 members (excludes halogenated alkanes) is 68. The second-order valence-corrected chi connectivity index (χ2v) is 34.0. The van der Waals surface area contributed by atoms with Gasteiger partial charge in [0.1, 0.15) is 13.2 Å². The summed E-state index contributed by atoms with van der Waals surface area (Å²) in [6.45, 7) is 4.83. The first-order valence-corrected chi connectivity index (χ1v) is 47.8. The van der Waals surface area contributed by atoms with E-state index in [9.17, 15) is 19.5 Å². The maximum atomic E-state index is 13.0. The molecular weight excluding hydrogens is 1320 g/mol. The highest BCUT2D eigenvalue weighted by Crippen LogP contribution is 2.22. The molecule has 2 unspecified atom stereocenters. The lowest BCUT2D eigenvalue weighted by Crippen LogP contribution is -2.44. The van der Waals surface area contributed by atoms with Gasteiger partial charge in [-0.1, -0.05) is 461 Å². The second kappa shape index (κ2) is 88.8. The van der Waals surface area contributed by atoms with Crippen LogP contribution in [-0.2, 0) is 33.3 Å². The van der Waals surface area contributed by atoms with Crippen molar-refractivity contribution in [3.8, 4) is 0 Å². The van der Waals surface area contributed by atoms with Gasteiger partial charge in [0.25, 0.3) is 0 Å². The van der Waals surface area contributed by atoms with Gasteiger partial charge in [-0.25, -0.2) is 0 Å². The average Bonchev–Trinajstić information content (AvgIpc) is 0.965. The van der Waals surface area contributed by atoms with Crippen LogP contribution >= 0.6 is 0 Å². The summed E-state index contributed by atoms with van der Waals surface area (Å²) in [5.41, 5.74) is 0. The van der Waals surface area contributed by atoms with E-state index < -0.39 is 24.3 Å². The van der Waals surface area contributed by atoms with Crippen molar-refractivity contribution >= 4 is 17.9 Å². The Balaban J connectivity index is 3.86. The lowest BCUT2D eigenvalue weighted by Gasteiger charge is -2.26. The first-order valence-electron chi connectivity index (χ1n) is 47.8. The zero-order chi connectivity index (χ0) is 77.4. The van der Waals surface area contributed by atoms with E-state index in [1.165, 1.54) is 424 Å². The van der Waals surface area contributed by atoms with Gasteiger partial charge in [-0.05, 0) is 77.0 Å². The Labute approximate surface area is 667 Å². The predicted octanol–water partition coefficient (Wildman–Crippen LogP) is 30.2. The highest BCUT2D eigenvalue weighted by atomic mass is 16.7. The van der Waals surface area contributed by atoms with Gasteiger partial charge in [0, 0.05) is 12.8 Å². The molecule has 0 aliphatic rings. The van der Waals surface area contributed by atoms with Crippen molar-refractivity contribution in [1.29, 1.82) is 0 Å². The summed E-state index contributed by atoms with van der Waals surface area (Å²) in [7, 11) is 5.96. The van der Waals surface area contributed by atoms with Gasteiger partial charge in [0.2, 0.25) is 0 Å². The van der Waals surface area contributed by atoms with Gasteiger partial charge >= 0.3 is 11.9 Å². The Hall–Kier alpha value is -2.75. The summed E-state index contributed by atoms with van der Waals surface area (Å²) in [4.78, 5) is 37.7. The molecule has 9 nitrogen and oxygen atoms in total. The van der Waals surface area contributed by atoms with Crippen LogP contribution in [0.1, 0.15) is 502 Å². The Bertz CT molecular complexity index is 1910. The van der Waals surface area contributed by atoms with Crippen molar-refractivity contribution in [1.82, 2.24) is 0 Å². The van der Waals surface area contributed by atoms with E-state index in [4.69, 9.17) is 18.9 Å². The van der Waals surface area contributed by atoms with Gasteiger partial charge in [-0.15, -0.1) is 0 Å². The number of carboxylic acid groups (broad SMARTS) is 1. The summed E-state index contributed by atoms with van der Waals surface area (Å²) < 4.78 is 23.0. The van der Waals surface area contributed by atoms with Crippen LogP contribution in [-0.4, -0.2) is 82.3 Å². The molecule has 630 valence electrons.